The van der Waals surface area contributed by atoms with Gasteiger partial charge in [-0.25, -0.2) is 0 Å². The molecule has 0 unspecified atom stereocenters. The Morgan fingerprint density at radius 1 is 0.913 bits per heavy atom. The van der Waals surface area contributed by atoms with Crippen molar-refractivity contribution < 1.29 is 21.7 Å². The molecule has 0 saturated heterocycles. The first kappa shape index (κ1) is 24.7. The number of halogens is 1. The highest BCUT2D eigenvalue weighted by Crippen LogP contribution is 2.10. The number of quaternary nitrogens is 1. The molecule has 0 radical (unpaired) electrons. The summed E-state index contributed by atoms with van der Waals surface area (Å²) in [5.74, 6) is -0.0200. The molecule has 0 heterocycles. The molecule has 0 aliphatic heterocycles. The number of hydrogen-bond donors (Lipinski definition) is 1. The molecule has 138 valence electrons. The van der Waals surface area contributed by atoms with E-state index in [0.717, 1.165) is 24.0 Å². The molecule has 0 bridgehead atoms. The minimum atomic E-state index is -0.0200. The van der Waals surface area contributed by atoms with E-state index in [2.05, 4.69) is 32.9 Å². The summed E-state index contributed by atoms with van der Waals surface area (Å²) in [6, 6.07) is 0. The van der Waals surface area contributed by atoms with Gasteiger partial charge in [-0.1, -0.05) is 52.0 Å². The molecule has 0 fully saturated rings. The lowest BCUT2D eigenvalue weighted by Crippen LogP contribution is -3.00. The molecular formula is C19H39ClN2O. The van der Waals surface area contributed by atoms with Crippen LogP contribution < -0.4 is 17.7 Å². The summed E-state index contributed by atoms with van der Waals surface area (Å²) >= 11 is 0. The van der Waals surface area contributed by atoms with E-state index >= 15 is 0 Å². The van der Waals surface area contributed by atoms with Gasteiger partial charge in [0.05, 0.1) is 27.2 Å². The smallest absolute Gasteiger partial charge is 0.246 e. The Labute approximate surface area is 150 Å². The highest BCUT2D eigenvalue weighted by molar-refractivity contribution is 5.91. The normalized spacial score (nSPS) is 11.0. The van der Waals surface area contributed by atoms with E-state index in [-0.39, 0.29) is 18.3 Å². The van der Waals surface area contributed by atoms with Gasteiger partial charge in [0.25, 0.3) is 0 Å². The second-order valence-corrected chi connectivity index (χ2v) is 7.25. The second-order valence-electron chi connectivity index (χ2n) is 7.25. The van der Waals surface area contributed by atoms with Crippen LogP contribution in [0.15, 0.2) is 12.2 Å². The van der Waals surface area contributed by atoms with Gasteiger partial charge in [-0.3, -0.25) is 4.79 Å². The highest BCUT2D eigenvalue weighted by atomic mass is 35.5. The lowest BCUT2D eigenvalue weighted by molar-refractivity contribution is -0.890. The molecule has 0 saturated carbocycles. The molecular weight excluding hydrogens is 308 g/mol. The standard InChI is InChI=1S/C19H38N2O.ClH/c1-6-7-8-9-10-11-12-13-16-21(4,5)17-14-15-20-19(22)18(2)3;/h2,6-17H2,1,3-5H3;1H. The van der Waals surface area contributed by atoms with Crippen LogP contribution in [-0.2, 0) is 4.79 Å². The maximum atomic E-state index is 11.4. The summed E-state index contributed by atoms with van der Waals surface area (Å²) in [4.78, 5) is 11.4. The van der Waals surface area contributed by atoms with E-state index in [9.17, 15) is 4.79 Å². The topological polar surface area (TPSA) is 29.1 Å². The SMILES string of the molecule is C=C(C)C(=O)NCCC[N+](C)(C)CCCCCCCCCC.[Cl-]. The van der Waals surface area contributed by atoms with Crippen molar-refractivity contribution in [1.29, 1.82) is 0 Å². The third-order valence-electron chi connectivity index (χ3n) is 4.23. The zero-order chi connectivity index (χ0) is 16.8. The van der Waals surface area contributed by atoms with E-state index in [1.807, 2.05) is 0 Å². The Balaban J connectivity index is 0. The van der Waals surface area contributed by atoms with Crippen molar-refractivity contribution in [3.8, 4) is 0 Å². The van der Waals surface area contributed by atoms with Gasteiger partial charge in [0, 0.05) is 18.5 Å². The predicted octanol–water partition coefficient (Wildman–Crippen LogP) is 1.29. The van der Waals surface area contributed by atoms with Crippen LogP contribution in [0.1, 0.15) is 71.6 Å². The third kappa shape index (κ3) is 16.1. The zero-order valence-electron chi connectivity index (χ0n) is 15.9. The molecule has 1 N–H and O–H groups in total. The molecule has 0 aromatic heterocycles. The minimum Gasteiger partial charge on any atom is -1.00 e. The van der Waals surface area contributed by atoms with Crippen molar-refractivity contribution in [2.24, 2.45) is 0 Å². The molecule has 0 atom stereocenters. The summed E-state index contributed by atoms with van der Waals surface area (Å²) in [5.41, 5.74) is 0.590. The fourth-order valence-corrected chi connectivity index (χ4v) is 2.65. The maximum absolute atomic E-state index is 11.4. The molecule has 0 rings (SSSR count). The number of amides is 1. The van der Waals surface area contributed by atoms with Gasteiger partial charge in [0.2, 0.25) is 5.91 Å². The second kappa shape index (κ2) is 15.0. The summed E-state index contributed by atoms with van der Waals surface area (Å²) < 4.78 is 1.05. The number of nitrogens with one attached hydrogen (secondary N) is 1. The summed E-state index contributed by atoms with van der Waals surface area (Å²) in [6.07, 6.45) is 12.0. The Kier molecular flexibility index (Phi) is 16.1. The summed E-state index contributed by atoms with van der Waals surface area (Å²) in [5, 5.41) is 2.91. The molecule has 0 aliphatic rings. The molecule has 3 nitrogen and oxygen atoms in total. The van der Waals surface area contributed by atoms with Crippen LogP contribution >= 0.6 is 0 Å². The maximum Gasteiger partial charge on any atom is 0.246 e. The van der Waals surface area contributed by atoms with Crippen molar-refractivity contribution in [2.75, 3.05) is 33.7 Å². The van der Waals surface area contributed by atoms with E-state index in [4.69, 9.17) is 0 Å². The fraction of sp³-hybridized carbons (Fsp3) is 0.842. The fourth-order valence-electron chi connectivity index (χ4n) is 2.65. The molecule has 4 heteroatoms. The lowest BCUT2D eigenvalue weighted by atomic mass is 10.1. The Bertz CT molecular complexity index is 316. The van der Waals surface area contributed by atoms with Crippen LogP contribution in [0, 0.1) is 0 Å². The monoisotopic (exact) mass is 346 g/mol. The number of nitrogens with zero attached hydrogens (tertiary/aromatic N) is 1. The average Bonchev–Trinajstić information content (AvgIpc) is 2.46. The van der Waals surface area contributed by atoms with Crippen LogP contribution in [0.2, 0.25) is 0 Å². The van der Waals surface area contributed by atoms with Gasteiger partial charge in [0.1, 0.15) is 0 Å². The zero-order valence-corrected chi connectivity index (χ0v) is 16.7. The molecule has 0 aromatic rings. The van der Waals surface area contributed by atoms with Gasteiger partial charge in [-0.2, -0.15) is 0 Å². The Hall–Kier alpha value is -0.540. The van der Waals surface area contributed by atoms with E-state index in [1.54, 1.807) is 6.92 Å². The van der Waals surface area contributed by atoms with Gasteiger partial charge in [0.15, 0.2) is 0 Å². The largest absolute Gasteiger partial charge is 1.00 e. The third-order valence-corrected chi connectivity index (χ3v) is 4.23. The first-order valence-electron chi connectivity index (χ1n) is 9.15. The van der Waals surface area contributed by atoms with Gasteiger partial charge in [-0.05, 0) is 19.8 Å². The minimum absolute atomic E-state index is 0. The van der Waals surface area contributed by atoms with Crippen molar-refractivity contribution >= 4 is 5.91 Å². The van der Waals surface area contributed by atoms with Gasteiger partial charge < -0.3 is 22.2 Å². The Morgan fingerprint density at radius 3 is 1.91 bits per heavy atom. The van der Waals surface area contributed by atoms with E-state index < -0.39 is 0 Å². The molecule has 0 spiro atoms. The quantitative estimate of drug-likeness (QED) is 0.286. The summed E-state index contributed by atoms with van der Waals surface area (Å²) in [6.45, 7) is 10.8. The number of carbonyl (C=O) groups is 1. The highest BCUT2D eigenvalue weighted by Gasteiger charge is 2.14. The average molecular weight is 347 g/mol. The van der Waals surface area contributed by atoms with E-state index in [1.165, 1.54) is 57.9 Å². The predicted molar refractivity (Wildman–Crippen MR) is 96.9 cm³/mol. The van der Waals surface area contributed by atoms with Crippen molar-refractivity contribution in [3.05, 3.63) is 12.2 Å². The van der Waals surface area contributed by atoms with Crippen molar-refractivity contribution in [3.63, 3.8) is 0 Å². The van der Waals surface area contributed by atoms with Gasteiger partial charge >= 0.3 is 0 Å². The number of rotatable bonds is 14. The molecule has 0 aliphatic carbocycles. The van der Waals surface area contributed by atoms with Crippen LogP contribution in [0.5, 0.6) is 0 Å². The number of carbonyl (C=O) groups excluding carboxylic acids is 1. The molecule has 23 heavy (non-hydrogen) atoms. The van der Waals surface area contributed by atoms with Crippen LogP contribution in [0.3, 0.4) is 0 Å². The molecule has 0 aromatic carbocycles. The first-order valence-corrected chi connectivity index (χ1v) is 9.15. The van der Waals surface area contributed by atoms with Crippen molar-refractivity contribution in [1.82, 2.24) is 5.32 Å². The lowest BCUT2D eigenvalue weighted by Gasteiger charge is -2.30. The van der Waals surface area contributed by atoms with Crippen LogP contribution in [-0.4, -0.2) is 44.1 Å². The number of unbranched alkanes of at least 4 members (excludes halogenated alkanes) is 7. The molecule has 1 amide bonds. The first-order chi connectivity index (χ1) is 10.4. The van der Waals surface area contributed by atoms with Crippen LogP contribution in [0.25, 0.3) is 0 Å². The Morgan fingerprint density at radius 2 is 1.39 bits per heavy atom. The van der Waals surface area contributed by atoms with Crippen LogP contribution in [0.4, 0.5) is 0 Å². The van der Waals surface area contributed by atoms with Gasteiger partial charge in [-0.15, -0.1) is 0 Å². The number of hydrogen-bond acceptors (Lipinski definition) is 1. The van der Waals surface area contributed by atoms with Crippen molar-refractivity contribution in [2.45, 2.75) is 71.6 Å². The van der Waals surface area contributed by atoms with E-state index in [0.29, 0.717) is 5.57 Å². The summed E-state index contributed by atoms with van der Waals surface area (Å²) in [7, 11) is 4.59.